The van der Waals surface area contributed by atoms with Crippen molar-refractivity contribution in [2.45, 2.75) is 45.3 Å². The number of aliphatic carboxylic acids is 1. The average Bonchev–Trinajstić information content (AvgIpc) is 3.45. The molecule has 144 valence electrons. The third-order valence-electron chi connectivity index (χ3n) is 5.16. The van der Waals surface area contributed by atoms with E-state index in [4.69, 9.17) is 4.98 Å². The van der Waals surface area contributed by atoms with Gasteiger partial charge in [0.15, 0.2) is 5.65 Å². The number of carbonyl (C=O) groups is 2. The van der Waals surface area contributed by atoms with Gasteiger partial charge < -0.3 is 10.0 Å². The summed E-state index contributed by atoms with van der Waals surface area (Å²) < 4.78 is 1.75. The molecule has 1 atom stereocenters. The Labute approximate surface area is 162 Å². The zero-order chi connectivity index (χ0) is 19.8. The minimum absolute atomic E-state index is 0.0248. The molecular formula is C21H22N4O3. The molecule has 2 heterocycles. The van der Waals surface area contributed by atoms with Gasteiger partial charge in [0, 0.05) is 18.2 Å². The Morgan fingerprint density at radius 1 is 1.29 bits per heavy atom. The fraction of sp³-hybridized carbons (Fsp3) is 0.333. The van der Waals surface area contributed by atoms with Gasteiger partial charge in [-0.25, -0.2) is 14.5 Å². The maximum absolute atomic E-state index is 13.5. The number of pyridine rings is 1. The zero-order valence-electron chi connectivity index (χ0n) is 15.9. The highest BCUT2D eigenvalue weighted by Crippen LogP contribution is 2.33. The fourth-order valence-electron chi connectivity index (χ4n) is 3.48. The van der Waals surface area contributed by atoms with Crippen LogP contribution in [0.25, 0.3) is 22.3 Å². The summed E-state index contributed by atoms with van der Waals surface area (Å²) in [7, 11) is 0. The van der Waals surface area contributed by atoms with E-state index >= 15 is 0 Å². The van der Waals surface area contributed by atoms with Crippen molar-refractivity contribution >= 4 is 22.9 Å². The summed E-state index contributed by atoms with van der Waals surface area (Å²) in [5.41, 5.74) is 2.64. The Hall–Kier alpha value is -3.22. The number of amides is 1. The maximum atomic E-state index is 13.5. The number of aryl methyl sites for hydroxylation is 1. The minimum Gasteiger partial charge on any atom is -0.480 e. The molecule has 1 amide bonds. The largest absolute Gasteiger partial charge is 0.480 e. The molecule has 1 aliphatic carbocycles. The number of rotatable bonds is 6. The molecule has 3 aromatic rings. The van der Waals surface area contributed by atoms with Crippen LogP contribution in [-0.4, -0.2) is 48.7 Å². The van der Waals surface area contributed by atoms with Crippen LogP contribution in [-0.2, 0) is 11.3 Å². The summed E-state index contributed by atoms with van der Waals surface area (Å²) in [4.78, 5) is 31.3. The van der Waals surface area contributed by atoms with E-state index < -0.39 is 12.0 Å². The third kappa shape index (κ3) is 3.13. The second-order valence-electron chi connectivity index (χ2n) is 7.08. The SMILES string of the molecule is CCn1ncc2c(C(=O)N(C3CC3)C(C)C(=O)O)cc(-c3ccccc3)nc21. The van der Waals surface area contributed by atoms with E-state index in [1.807, 2.05) is 37.3 Å². The van der Waals surface area contributed by atoms with E-state index in [2.05, 4.69) is 5.10 Å². The summed E-state index contributed by atoms with van der Waals surface area (Å²) in [5.74, 6) is -1.28. The molecule has 2 aromatic heterocycles. The van der Waals surface area contributed by atoms with E-state index in [0.717, 1.165) is 18.4 Å². The molecule has 1 aliphatic rings. The van der Waals surface area contributed by atoms with E-state index in [1.54, 1.807) is 23.9 Å². The summed E-state index contributed by atoms with van der Waals surface area (Å²) in [5, 5.41) is 14.5. The predicted molar refractivity (Wildman–Crippen MR) is 105 cm³/mol. The molecule has 4 rings (SSSR count). The number of carboxylic acids is 1. The smallest absolute Gasteiger partial charge is 0.326 e. The summed E-state index contributed by atoms with van der Waals surface area (Å²) in [6.45, 7) is 4.15. The summed E-state index contributed by atoms with van der Waals surface area (Å²) in [6, 6.07) is 10.5. The van der Waals surface area contributed by atoms with Crippen LogP contribution in [0.3, 0.4) is 0 Å². The van der Waals surface area contributed by atoms with Gasteiger partial charge in [-0.05, 0) is 32.8 Å². The van der Waals surface area contributed by atoms with Gasteiger partial charge in [-0.15, -0.1) is 0 Å². The number of carboxylic acid groups (broad SMARTS) is 1. The third-order valence-corrected chi connectivity index (χ3v) is 5.16. The van der Waals surface area contributed by atoms with E-state index in [0.29, 0.717) is 28.8 Å². The van der Waals surface area contributed by atoms with Crippen LogP contribution in [0.4, 0.5) is 0 Å². The number of hydrogen-bond acceptors (Lipinski definition) is 4. The molecule has 7 heteroatoms. The van der Waals surface area contributed by atoms with Crippen molar-refractivity contribution in [1.82, 2.24) is 19.7 Å². The lowest BCUT2D eigenvalue weighted by Gasteiger charge is -2.27. The van der Waals surface area contributed by atoms with Crippen molar-refractivity contribution in [2.24, 2.45) is 0 Å². The zero-order valence-corrected chi connectivity index (χ0v) is 15.9. The first kappa shape index (κ1) is 18.2. The summed E-state index contributed by atoms with van der Waals surface area (Å²) >= 11 is 0. The average molecular weight is 378 g/mol. The second-order valence-corrected chi connectivity index (χ2v) is 7.08. The van der Waals surface area contributed by atoms with Crippen molar-refractivity contribution in [2.75, 3.05) is 0 Å². The lowest BCUT2D eigenvalue weighted by atomic mass is 10.0. The number of nitrogens with zero attached hydrogens (tertiary/aromatic N) is 4. The quantitative estimate of drug-likeness (QED) is 0.712. The topological polar surface area (TPSA) is 88.3 Å². The Morgan fingerprint density at radius 2 is 2.00 bits per heavy atom. The normalized spacial score (nSPS) is 14.8. The molecular weight excluding hydrogens is 356 g/mol. The molecule has 0 bridgehead atoms. The number of aromatic nitrogens is 3. The highest BCUT2D eigenvalue weighted by molar-refractivity contribution is 6.07. The molecule has 1 unspecified atom stereocenters. The van der Waals surface area contributed by atoms with Crippen molar-refractivity contribution < 1.29 is 14.7 Å². The standard InChI is InChI=1S/C21H22N4O3/c1-3-24-19-17(12-22-24)16(11-18(23-19)14-7-5-4-6-8-14)20(26)25(15-9-10-15)13(2)21(27)28/h4-8,11-13,15H,3,9-10H2,1-2H3,(H,27,28). The summed E-state index contributed by atoms with van der Waals surface area (Å²) in [6.07, 6.45) is 3.30. The first-order valence-electron chi connectivity index (χ1n) is 9.48. The van der Waals surface area contributed by atoms with Crippen LogP contribution in [0.2, 0.25) is 0 Å². The molecule has 0 spiro atoms. The van der Waals surface area contributed by atoms with E-state index in [9.17, 15) is 14.7 Å². The van der Waals surface area contributed by atoms with Crippen molar-refractivity contribution in [3.05, 3.63) is 48.2 Å². The minimum atomic E-state index is -1.00. The van der Waals surface area contributed by atoms with Crippen molar-refractivity contribution in [1.29, 1.82) is 0 Å². The molecule has 0 radical (unpaired) electrons. The van der Waals surface area contributed by atoms with Gasteiger partial charge in [0.25, 0.3) is 5.91 Å². The molecule has 0 aliphatic heterocycles. The van der Waals surface area contributed by atoms with Crippen molar-refractivity contribution in [3.8, 4) is 11.3 Å². The van der Waals surface area contributed by atoms with Gasteiger partial charge >= 0.3 is 5.97 Å². The van der Waals surface area contributed by atoms with Crippen LogP contribution in [0.5, 0.6) is 0 Å². The Balaban J connectivity index is 1.88. The van der Waals surface area contributed by atoms with Gasteiger partial charge in [0.05, 0.1) is 22.8 Å². The maximum Gasteiger partial charge on any atom is 0.326 e. The van der Waals surface area contributed by atoms with Gasteiger partial charge in [0.1, 0.15) is 6.04 Å². The number of fused-ring (bicyclic) bond motifs is 1. The van der Waals surface area contributed by atoms with Crippen LogP contribution in [0, 0.1) is 0 Å². The molecule has 0 saturated heterocycles. The molecule has 28 heavy (non-hydrogen) atoms. The molecule has 7 nitrogen and oxygen atoms in total. The highest BCUT2D eigenvalue weighted by atomic mass is 16.4. The van der Waals surface area contributed by atoms with Gasteiger partial charge in [0.2, 0.25) is 0 Å². The van der Waals surface area contributed by atoms with Crippen molar-refractivity contribution in [3.63, 3.8) is 0 Å². The van der Waals surface area contributed by atoms with Gasteiger partial charge in [-0.1, -0.05) is 30.3 Å². The highest BCUT2D eigenvalue weighted by Gasteiger charge is 2.39. The first-order valence-corrected chi connectivity index (χ1v) is 9.48. The van der Waals surface area contributed by atoms with Gasteiger partial charge in [-0.3, -0.25) is 4.79 Å². The molecule has 1 saturated carbocycles. The monoisotopic (exact) mass is 378 g/mol. The predicted octanol–water partition coefficient (Wildman–Crippen LogP) is 3.20. The lowest BCUT2D eigenvalue weighted by Crippen LogP contribution is -2.44. The van der Waals surface area contributed by atoms with E-state index in [1.165, 1.54) is 4.90 Å². The second kappa shape index (κ2) is 7.07. The Bertz CT molecular complexity index is 1040. The molecule has 1 aromatic carbocycles. The van der Waals surface area contributed by atoms with E-state index in [-0.39, 0.29) is 11.9 Å². The Morgan fingerprint density at radius 3 is 2.61 bits per heavy atom. The Kier molecular flexibility index (Phi) is 4.58. The molecule has 1 N–H and O–H groups in total. The van der Waals surface area contributed by atoms with Crippen LogP contribution >= 0.6 is 0 Å². The number of benzene rings is 1. The first-order chi connectivity index (χ1) is 13.5. The van der Waals surface area contributed by atoms with Crippen LogP contribution in [0.15, 0.2) is 42.6 Å². The van der Waals surface area contributed by atoms with Gasteiger partial charge in [-0.2, -0.15) is 5.10 Å². The van der Waals surface area contributed by atoms with Crippen LogP contribution < -0.4 is 0 Å². The van der Waals surface area contributed by atoms with Crippen LogP contribution in [0.1, 0.15) is 37.0 Å². The number of hydrogen-bond donors (Lipinski definition) is 1. The lowest BCUT2D eigenvalue weighted by molar-refractivity contribution is -0.141. The number of carbonyl (C=O) groups excluding carboxylic acids is 1. The fourth-order valence-corrected chi connectivity index (χ4v) is 3.48. The molecule has 1 fully saturated rings.